The molecule has 0 saturated carbocycles. The largest absolute Gasteiger partial charge is 0.289 e. The van der Waals surface area contributed by atoms with Crippen LogP contribution in [0.25, 0.3) is 0 Å². The van der Waals surface area contributed by atoms with Crippen LogP contribution in [-0.2, 0) is 12.8 Å². The van der Waals surface area contributed by atoms with Crippen LogP contribution in [0.1, 0.15) is 55.1 Å². The second kappa shape index (κ2) is 7.61. The van der Waals surface area contributed by atoms with Gasteiger partial charge in [-0.3, -0.25) is 4.79 Å². The number of unbranched alkanes of at least 4 members (excludes halogenated alkanes) is 1. The van der Waals surface area contributed by atoms with E-state index in [1.165, 1.54) is 24.0 Å². The van der Waals surface area contributed by atoms with Gasteiger partial charge in [0.15, 0.2) is 5.52 Å². The van der Waals surface area contributed by atoms with Crippen LogP contribution in [0, 0.1) is 0 Å². The fraction of sp³-hybridized carbons (Fsp3) is 0.533. The second-order valence-corrected chi connectivity index (χ2v) is 5.58. The van der Waals surface area contributed by atoms with E-state index >= 15 is 0 Å². The van der Waals surface area contributed by atoms with Gasteiger partial charge in [-0.25, -0.2) is 0 Å². The summed E-state index contributed by atoms with van der Waals surface area (Å²) in [4.78, 5) is 12.3. The van der Waals surface area contributed by atoms with Gasteiger partial charge in [0.25, 0.3) is 0 Å². The Morgan fingerprint density at radius 3 is 2.18 bits per heavy atom. The number of hydrogen-bond donors (Lipinski definition) is 0. The minimum atomic E-state index is 0.368. The van der Waals surface area contributed by atoms with Crippen molar-refractivity contribution in [3.63, 3.8) is 0 Å². The van der Waals surface area contributed by atoms with E-state index < -0.39 is 0 Å². The SMILES string of the molecule is CCCCPC(=O)c1c(CC)cccc1CC. The third-order valence-electron chi connectivity index (χ3n) is 3.04. The van der Waals surface area contributed by atoms with Crippen LogP contribution in [-0.4, -0.2) is 11.7 Å². The normalized spacial score (nSPS) is 11.2. The smallest absolute Gasteiger partial charge is 0.181 e. The van der Waals surface area contributed by atoms with Gasteiger partial charge >= 0.3 is 0 Å². The Morgan fingerprint density at radius 2 is 1.71 bits per heavy atom. The van der Waals surface area contributed by atoms with Crippen LogP contribution in [0.5, 0.6) is 0 Å². The number of carbonyl (C=O) groups is 1. The van der Waals surface area contributed by atoms with E-state index in [4.69, 9.17) is 0 Å². The van der Waals surface area contributed by atoms with Crippen molar-refractivity contribution < 1.29 is 4.79 Å². The summed E-state index contributed by atoms with van der Waals surface area (Å²) in [7, 11) is 0.450. The standard InChI is InChI=1S/C15H23OP/c1-4-7-11-17-15(16)14-12(5-2)9-8-10-13(14)6-3/h8-10,17H,4-7,11H2,1-3H3. The quantitative estimate of drug-likeness (QED) is 0.517. The lowest BCUT2D eigenvalue weighted by molar-refractivity contribution is 0.108. The molecule has 0 amide bonds. The highest BCUT2D eigenvalue weighted by Crippen LogP contribution is 2.26. The first-order chi connectivity index (χ1) is 8.24. The van der Waals surface area contributed by atoms with Gasteiger partial charge in [-0.2, -0.15) is 0 Å². The van der Waals surface area contributed by atoms with Gasteiger partial charge in [0, 0.05) is 5.56 Å². The molecule has 0 bridgehead atoms. The first-order valence-corrected chi connectivity index (χ1v) is 7.84. The Labute approximate surface area is 107 Å². The first kappa shape index (κ1) is 14.4. The molecule has 0 aliphatic heterocycles. The number of rotatable bonds is 7. The molecule has 0 radical (unpaired) electrons. The molecule has 0 aromatic heterocycles. The molecule has 0 aliphatic carbocycles. The molecule has 94 valence electrons. The molecule has 1 atom stereocenters. The zero-order valence-corrected chi connectivity index (χ0v) is 12.2. The maximum atomic E-state index is 12.3. The fourth-order valence-electron chi connectivity index (χ4n) is 2.00. The van der Waals surface area contributed by atoms with E-state index in [2.05, 4.69) is 39.0 Å². The molecule has 1 unspecified atom stereocenters. The van der Waals surface area contributed by atoms with Crippen LogP contribution in [0.4, 0.5) is 0 Å². The summed E-state index contributed by atoms with van der Waals surface area (Å²) in [6.07, 6.45) is 5.30. The molecule has 0 spiro atoms. The summed E-state index contributed by atoms with van der Waals surface area (Å²) in [5.74, 6) is 0. The Kier molecular flexibility index (Phi) is 6.44. The second-order valence-electron chi connectivity index (χ2n) is 4.27. The summed E-state index contributed by atoms with van der Waals surface area (Å²) in [6, 6.07) is 6.26. The third kappa shape index (κ3) is 3.92. The van der Waals surface area contributed by atoms with Gasteiger partial charge in [-0.1, -0.05) is 45.4 Å². The Bertz CT molecular complexity index is 349. The average Bonchev–Trinajstić information content (AvgIpc) is 2.37. The summed E-state index contributed by atoms with van der Waals surface area (Å²) in [6.45, 7) is 6.42. The molecule has 0 N–H and O–H groups in total. The molecule has 0 heterocycles. The molecule has 17 heavy (non-hydrogen) atoms. The predicted octanol–water partition coefficient (Wildman–Crippen LogP) is 4.43. The average molecular weight is 250 g/mol. The topological polar surface area (TPSA) is 17.1 Å². The lowest BCUT2D eigenvalue weighted by atomic mass is 9.98. The maximum Gasteiger partial charge on any atom is 0.181 e. The molecule has 1 nitrogen and oxygen atoms in total. The molecule has 0 aliphatic rings. The van der Waals surface area contributed by atoms with Gasteiger partial charge in [-0.15, -0.1) is 0 Å². The molecular formula is C15H23OP. The number of benzene rings is 1. The lowest BCUT2D eigenvalue weighted by Crippen LogP contribution is -2.04. The van der Waals surface area contributed by atoms with Gasteiger partial charge < -0.3 is 0 Å². The van der Waals surface area contributed by atoms with E-state index in [-0.39, 0.29) is 0 Å². The van der Waals surface area contributed by atoms with Crippen molar-refractivity contribution in [2.24, 2.45) is 0 Å². The van der Waals surface area contributed by atoms with Crippen molar-refractivity contribution >= 4 is 14.1 Å². The Balaban J connectivity index is 2.89. The molecule has 0 fully saturated rings. The number of carbonyl (C=O) groups excluding carboxylic acids is 1. The monoisotopic (exact) mass is 250 g/mol. The summed E-state index contributed by atoms with van der Waals surface area (Å²) >= 11 is 0. The van der Waals surface area contributed by atoms with Crippen LogP contribution < -0.4 is 0 Å². The van der Waals surface area contributed by atoms with Crippen LogP contribution >= 0.6 is 8.58 Å². The molecule has 2 heteroatoms. The first-order valence-electron chi connectivity index (χ1n) is 6.63. The summed E-state index contributed by atoms with van der Waals surface area (Å²) < 4.78 is 0. The van der Waals surface area contributed by atoms with Gasteiger partial charge in [-0.05, 0) is 45.1 Å². The van der Waals surface area contributed by atoms with Gasteiger partial charge in [0.2, 0.25) is 0 Å². The van der Waals surface area contributed by atoms with Gasteiger partial charge in [0.05, 0.1) is 0 Å². The van der Waals surface area contributed by atoms with Crippen LogP contribution in [0.3, 0.4) is 0 Å². The molecule has 0 saturated heterocycles. The van der Waals surface area contributed by atoms with Crippen molar-refractivity contribution in [2.45, 2.75) is 46.5 Å². The predicted molar refractivity (Wildman–Crippen MR) is 77.6 cm³/mol. The molecule has 1 aromatic rings. The van der Waals surface area contributed by atoms with Crippen molar-refractivity contribution in [3.8, 4) is 0 Å². The van der Waals surface area contributed by atoms with Crippen molar-refractivity contribution in [1.82, 2.24) is 0 Å². The fourth-order valence-corrected chi connectivity index (χ4v) is 3.26. The molecule has 1 aromatic carbocycles. The summed E-state index contributed by atoms with van der Waals surface area (Å²) in [5, 5.41) is 0. The van der Waals surface area contributed by atoms with E-state index in [1.54, 1.807) is 0 Å². The lowest BCUT2D eigenvalue weighted by Gasteiger charge is -2.11. The van der Waals surface area contributed by atoms with Crippen LogP contribution in [0.2, 0.25) is 0 Å². The minimum absolute atomic E-state index is 0.368. The third-order valence-corrected chi connectivity index (χ3v) is 4.22. The zero-order chi connectivity index (χ0) is 12.7. The zero-order valence-electron chi connectivity index (χ0n) is 11.2. The van der Waals surface area contributed by atoms with Gasteiger partial charge in [0.1, 0.15) is 0 Å². The van der Waals surface area contributed by atoms with E-state index in [0.717, 1.165) is 24.6 Å². The van der Waals surface area contributed by atoms with E-state index in [0.29, 0.717) is 14.1 Å². The highest BCUT2D eigenvalue weighted by molar-refractivity contribution is 7.58. The highest BCUT2D eigenvalue weighted by atomic mass is 31.1. The van der Waals surface area contributed by atoms with E-state index in [9.17, 15) is 4.79 Å². The molecule has 1 rings (SSSR count). The number of aryl methyl sites for hydroxylation is 2. The maximum absolute atomic E-state index is 12.3. The Morgan fingerprint density at radius 1 is 1.12 bits per heavy atom. The number of hydrogen-bond acceptors (Lipinski definition) is 1. The van der Waals surface area contributed by atoms with E-state index in [1.807, 2.05) is 0 Å². The Hall–Kier alpha value is -0.680. The van der Waals surface area contributed by atoms with Crippen molar-refractivity contribution in [2.75, 3.05) is 6.16 Å². The minimum Gasteiger partial charge on any atom is -0.289 e. The molecular weight excluding hydrogens is 227 g/mol. The van der Waals surface area contributed by atoms with Crippen molar-refractivity contribution in [1.29, 1.82) is 0 Å². The van der Waals surface area contributed by atoms with Crippen LogP contribution in [0.15, 0.2) is 18.2 Å². The highest BCUT2D eigenvalue weighted by Gasteiger charge is 2.13. The summed E-state index contributed by atoms with van der Waals surface area (Å²) in [5.41, 5.74) is 3.83. The van der Waals surface area contributed by atoms with Crippen molar-refractivity contribution in [3.05, 3.63) is 34.9 Å².